The molecule has 0 spiro atoms. The zero-order valence-corrected chi connectivity index (χ0v) is 14.2. The van der Waals surface area contributed by atoms with Gasteiger partial charge in [0.2, 0.25) is 0 Å². The molecule has 19 heavy (non-hydrogen) atoms. The van der Waals surface area contributed by atoms with Crippen LogP contribution in [0.2, 0.25) is 0 Å². The molecule has 0 aliphatic carbocycles. The number of carbonyl (C=O) groups is 1. The second kappa shape index (κ2) is 8.25. The van der Waals surface area contributed by atoms with E-state index in [9.17, 15) is 4.79 Å². The maximum Gasteiger partial charge on any atom is 0.263 e. The Morgan fingerprint density at radius 2 is 2.16 bits per heavy atom. The first-order valence-corrected chi connectivity index (χ1v) is 8.07. The second-order valence-electron chi connectivity index (χ2n) is 4.65. The smallest absolute Gasteiger partial charge is 0.263 e. The summed E-state index contributed by atoms with van der Waals surface area (Å²) >= 11 is 4.92. The number of carbonyl (C=O) groups excluding carboxylic acids is 1. The average molecular weight is 368 g/mol. The van der Waals surface area contributed by atoms with Crippen molar-refractivity contribution in [2.75, 3.05) is 26.2 Å². The molecule has 1 fully saturated rings. The first-order chi connectivity index (χ1) is 8.70. The van der Waals surface area contributed by atoms with Crippen LogP contribution in [0.3, 0.4) is 0 Å². The van der Waals surface area contributed by atoms with Gasteiger partial charge in [-0.15, -0.1) is 23.7 Å². The van der Waals surface area contributed by atoms with Gasteiger partial charge in [0.15, 0.2) is 0 Å². The maximum atomic E-state index is 12.2. The lowest BCUT2D eigenvalue weighted by atomic mass is 9.96. The first-order valence-electron chi connectivity index (χ1n) is 6.46. The summed E-state index contributed by atoms with van der Waals surface area (Å²) in [4.78, 5) is 15.1. The zero-order chi connectivity index (χ0) is 13.0. The summed E-state index contributed by atoms with van der Waals surface area (Å²) in [6, 6.07) is 3.84. The molecular weight excluding hydrogens is 348 g/mol. The highest BCUT2D eigenvalue weighted by atomic mass is 79.9. The van der Waals surface area contributed by atoms with Crippen LogP contribution >= 0.6 is 39.7 Å². The number of nitrogens with one attached hydrogen (secondary N) is 1. The van der Waals surface area contributed by atoms with E-state index in [2.05, 4.69) is 28.2 Å². The van der Waals surface area contributed by atoms with Gasteiger partial charge >= 0.3 is 0 Å². The standard InChI is InChI=1S/C13H19BrN2OS.ClH/c1-2-15-9-10-5-7-16(8-6-10)13(17)11-3-4-12(14)18-11;/h3-4,10,15H,2,5-9H2,1H3;1H. The minimum Gasteiger partial charge on any atom is -0.338 e. The van der Waals surface area contributed by atoms with Gasteiger partial charge in [0.25, 0.3) is 5.91 Å². The summed E-state index contributed by atoms with van der Waals surface area (Å²) in [6.45, 7) is 6.04. The lowest BCUT2D eigenvalue weighted by Crippen LogP contribution is -2.40. The summed E-state index contributed by atoms with van der Waals surface area (Å²) in [7, 11) is 0. The quantitative estimate of drug-likeness (QED) is 0.884. The molecule has 0 radical (unpaired) electrons. The van der Waals surface area contributed by atoms with Crippen LogP contribution in [0.25, 0.3) is 0 Å². The Kier molecular flexibility index (Phi) is 7.36. The van der Waals surface area contributed by atoms with Crippen molar-refractivity contribution < 1.29 is 4.79 Å². The van der Waals surface area contributed by atoms with Gasteiger partial charge in [-0.2, -0.15) is 0 Å². The minimum atomic E-state index is 0. The molecule has 1 N–H and O–H groups in total. The molecule has 0 saturated carbocycles. The van der Waals surface area contributed by atoms with E-state index in [-0.39, 0.29) is 18.3 Å². The molecular formula is C13H20BrClN2OS. The van der Waals surface area contributed by atoms with Crippen molar-refractivity contribution in [3.63, 3.8) is 0 Å². The largest absolute Gasteiger partial charge is 0.338 e. The van der Waals surface area contributed by atoms with Crippen LogP contribution in [-0.4, -0.2) is 37.0 Å². The third-order valence-electron chi connectivity index (χ3n) is 3.37. The molecule has 2 rings (SSSR count). The maximum absolute atomic E-state index is 12.2. The second-order valence-corrected chi connectivity index (χ2v) is 7.11. The molecule has 108 valence electrons. The van der Waals surface area contributed by atoms with E-state index in [1.165, 1.54) is 11.3 Å². The number of piperidine rings is 1. The van der Waals surface area contributed by atoms with Crippen molar-refractivity contribution in [3.8, 4) is 0 Å². The lowest BCUT2D eigenvalue weighted by molar-refractivity contribution is 0.0695. The number of halogens is 2. The van der Waals surface area contributed by atoms with Gasteiger partial charge in [0.05, 0.1) is 8.66 Å². The highest BCUT2D eigenvalue weighted by Gasteiger charge is 2.24. The number of rotatable bonds is 4. The molecule has 1 aromatic heterocycles. The van der Waals surface area contributed by atoms with Gasteiger partial charge in [-0.3, -0.25) is 4.79 Å². The molecule has 1 saturated heterocycles. The van der Waals surface area contributed by atoms with E-state index in [1.807, 2.05) is 17.0 Å². The van der Waals surface area contributed by atoms with E-state index in [0.717, 1.165) is 53.6 Å². The number of hydrogen-bond donors (Lipinski definition) is 1. The molecule has 6 heteroatoms. The third kappa shape index (κ3) is 4.74. The van der Waals surface area contributed by atoms with Gasteiger partial charge in [0, 0.05) is 13.1 Å². The van der Waals surface area contributed by atoms with Crippen molar-refractivity contribution in [2.45, 2.75) is 19.8 Å². The molecule has 1 aromatic rings. The minimum absolute atomic E-state index is 0. The Morgan fingerprint density at radius 1 is 1.47 bits per heavy atom. The summed E-state index contributed by atoms with van der Waals surface area (Å²) < 4.78 is 1.02. The summed E-state index contributed by atoms with van der Waals surface area (Å²) in [5.41, 5.74) is 0. The monoisotopic (exact) mass is 366 g/mol. The molecule has 2 heterocycles. The van der Waals surface area contributed by atoms with Gasteiger partial charge in [-0.05, 0) is 59.9 Å². The zero-order valence-electron chi connectivity index (χ0n) is 11.0. The van der Waals surface area contributed by atoms with Crippen LogP contribution in [0.1, 0.15) is 29.4 Å². The fourth-order valence-electron chi connectivity index (χ4n) is 2.27. The SMILES string of the molecule is CCNCC1CCN(C(=O)c2ccc(Br)s2)CC1.Cl. The van der Waals surface area contributed by atoms with Crippen molar-refractivity contribution in [3.05, 3.63) is 20.8 Å². The van der Waals surface area contributed by atoms with Crippen LogP contribution < -0.4 is 5.32 Å². The van der Waals surface area contributed by atoms with Gasteiger partial charge in [0.1, 0.15) is 0 Å². The third-order valence-corrected chi connectivity index (χ3v) is 4.98. The van der Waals surface area contributed by atoms with Crippen molar-refractivity contribution in [2.24, 2.45) is 5.92 Å². The molecule has 3 nitrogen and oxygen atoms in total. The summed E-state index contributed by atoms with van der Waals surface area (Å²) in [5, 5.41) is 3.39. The highest BCUT2D eigenvalue weighted by Crippen LogP contribution is 2.25. The Hall–Kier alpha value is -0.100. The lowest BCUT2D eigenvalue weighted by Gasteiger charge is -2.31. The topological polar surface area (TPSA) is 32.3 Å². The number of thiophene rings is 1. The molecule has 1 amide bonds. The van der Waals surface area contributed by atoms with Gasteiger partial charge in [-0.25, -0.2) is 0 Å². The fourth-order valence-corrected chi connectivity index (χ4v) is 3.63. The number of nitrogens with zero attached hydrogens (tertiary/aromatic N) is 1. The van der Waals surface area contributed by atoms with E-state index in [1.54, 1.807) is 0 Å². The average Bonchev–Trinajstić information content (AvgIpc) is 2.83. The van der Waals surface area contributed by atoms with Crippen LogP contribution in [-0.2, 0) is 0 Å². The van der Waals surface area contributed by atoms with Gasteiger partial charge in [-0.1, -0.05) is 6.92 Å². The summed E-state index contributed by atoms with van der Waals surface area (Å²) in [5.74, 6) is 0.914. The van der Waals surface area contributed by atoms with Crippen molar-refractivity contribution in [1.82, 2.24) is 10.2 Å². The highest BCUT2D eigenvalue weighted by molar-refractivity contribution is 9.11. The fraction of sp³-hybridized carbons (Fsp3) is 0.615. The number of likely N-dealkylation sites (tertiary alicyclic amines) is 1. The normalized spacial score (nSPS) is 16.2. The van der Waals surface area contributed by atoms with E-state index in [4.69, 9.17) is 0 Å². The molecule has 1 aliphatic rings. The number of hydrogen-bond acceptors (Lipinski definition) is 3. The molecule has 0 unspecified atom stereocenters. The van der Waals surface area contributed by atoms with E-state index < -0.39 is 0 Å². The molecule has 0 atom stereocenters. The predicted octanol–water partition coefficient (Wildman–Crippen LogP) is 3.39. The molecule has 0 aromatic carbocycles. The van der Waals surface area contributed by atoms with Crippen LogP contribution in [0.5, 0.6) is 0 Å². The van der Waals surface area contributed by atoms with Crippen LogP contribution in [0, 0.1) is 5.92 Å². The van der Waals surface area contributed by atoms with Gasteiger partial charge < -0.3 is 10.2 Å². The molecule has 1 aliphatic heterocycles. The Morgan fingerprint density at radius 3 is 2.68 bits per heavy atom. The molecule has 0 bridgehead atoms. The Labute approximate surface area is 133 Å². The van der Waals surface area contributed by atoms with Crippen molar-refractivity contribution in [1.29, 1.82) is 0 Å². The Balaban J connectivity index is 0.00000180. The van der Waals surface area contributed by atoms with Crippen LogP contribution in [0.4, 0.5) is 0 Å². The first kappa shape index (κ1) is 17.0. The van der Waals surface area contributed by atoms with Crippen molar-refractivity contribution >= 4 is 45.6 Å². The Bertz CT molecular complexity index is 405. The van der Waals surface area contributed by atoms with Crippen LogP contribution in [0.15, 0.2) is 15.9 Å². The van der Waals surface area contributed by atoms with E-state index >= 15 is 0 Å². The number of amides is 1. The predicted molar refractivity (Wildman–Crippen MR) is 86.4 cm³/mol. The summed E-state index contributed by atoms with van der Waals surface area (Å²) in [6.07, 6.45) is 2.23. The van der Waals surface area contributed by atoms with E-state index in [0.29, 0.717) is 0 Å².